The van der Waals surface area contributed by atoms with Crippen molar-refractivity contribution in [2.75, 3.05) is 0 Å². The largest absolute Gasteiger partial charge is 0.424 e. The average molecular weight is 113 g/mol. The van der Waals surface area contributed by atoms with E-state index in [1.54, 1.807) is 6.26 Å². The molecule has 0 aliphatic rings. The first-order chi connectivity index (χ1) is 3.68. The van der Waals surface area contributed by atoms with E-state index in [4.69, 9.17) is 5.26 Å². The highest BCUT2D eigenvalue weighted by molar-refractivity contribution is 4.60. The van der Waals surface area contributed by atoms with Gasteiger partial charge in [0.2, 0.25) is 0 Å². The number of hydrogen-bond acceptors (Lipinski definition) is 2. The number of rotatable bonds is 2. The first-order valence-corrected chi connectivity index (χ1v) is 2.73. The Balaban J connectivity index is 3.35. The van der Waals surface area contributed by atoms with Crippen LogP contribution in [0.3, 0.4) is 0 Å². The molecule has 1 unspecified atom stereocenters. The van der Waals surface area contributed by atoms with Crippen molar-refractivity contribution in [2.24, 2.45) is 5.92 Å². The summed E-state index contributed by atoms with van der Waals surface area (Å²) in [5, 5.41) is 8.01. The van der Waals surface area contributed by atoms with Crippen LogP contribution in [0.1, 0.15) is 20.8 Å². The van der Waals surface area contributed by atoms with Gasteiger partial charge in [0.15, 0.2) is 0 Å². The molecule has 0 radical (unpaired) electrons. The molecule has 2 nitrogen and oxygen atoms in total. The van der Waals surface area contributed by atoms with Crippen LogP contribution in [0.4, 0.5) is 0 Å². The van der Waals surface area contributed by atoms with E-state index in [-0.39, 0.29) is 6.10 Å². The van der Waals surface area contributed by atoms with Crippen molar-refractivity contribution in [3.63, 3.8) is 0 Å². The monoisotopic (exact) mass is 113 g/mol. The van der Waals surface area contributed by atoms with Gasteiger partial charge in [0.25, 0.3) is 6.26 Å². The van der Waals surface area contributed by atoms with Crippen molar-refractivity contribution in [3.8, 4) is 6.26 Å². The Kier molecular flexibility index (Phi) is 3.02. The van der Waals surface area contributed by atoms with E-state index < -0.39 is 0 Å². The van der Waals surface area contributed by atoms with Crippen LogP contribution >= 0.6 is 0 Å². The van der Waals surface area contributed by atoms with Crippen LogP contribution in [0.25, 0.3) is 0 Å². The topological polar surface area (TPSA) is 33.0 Å². The number of ether oxygens (including phenoxy) is 1. The number of hydrogen-bond donors (Lipinski definition) is 0. The SMILES string of the molecule is CC(C)C(C)OC#N. The van der Waals surface area contributed by atoms with Gasteiger partial charge in [-0.2, -0.15) is 5.26 Å². The smallest absolute Gasteiger partial charge is 0.286 e. The second kappa shape index (κ2) is 3.31. The minimum atomic E-state index is 0.0556. The Labute approximate surface area is 50.1 Å². The third kappa shape index (κ3) is 2.46. The minimum absolute atomic E-state index is 0.0556. The maximum absolute atomic E-state index is 8.01. The minimum Gasteiger partial charge on any atom is -0.424 e. The van der Waals surface area contributed by atoms with E-state index in [2.05, 4.69) is 4.74 Å². The van der Waals surface area contributed by atoms with Crippen molar-refractivity contribution < 1.29 is 4.74 Å². The summed E-state index contributed by atoms with van der Waals surface area (Å²) in [5.41, 5.74) is 0. The van der Waals surface area contributed by atoms with Gasteiger partial charge in [0.05, 0.1) is 0 Å². The molecule has 0 rings (SSSR count). The van der Waals surface area contributed by atoms with E-state index in [0.717, 1.165) is 0 Å². The molecule has 0 bridgehead atoms. The van der Waals surface area contributed by atoms with Gasteiger partial charge in [-0.05, 0) is 12.8 Å². The highest BCUT2D eigenvalue weighted by Gasteiger charge is 2.05. The highest BCUT2D eigenvalue weighted by atomic mass is 16.5. The predicted octanol–water partition coefficient (Wildman–Crippen LogP) is 1.53. The summed E-state index contributed by atoms with van der Waals surface area (Å²) >= 11 is 0. The van der Waals surface area contributed by atoms with Gasteiger partial charge >= 0.3 is 0 Å². The van der Waals surface area contributed by atoms with E-state index in [1.165, 1.54) is 0 Å². The molecule has 0 aliphatic carbocycles. The molecule has 0 spiro atoms. The molecule has 0 aromatic carbocycles. The van der Waals surface area contributed by atoms with Crippen molar-refractivity contribution >= 4 is 0 Å². The van der Waals surface area contributed by atoms with E-state index in [1.807, 2.05) is 20.8 Å². The molecule has 0 amide bonds. The zero-order valence-corrected chi connectivity index (χ0v) is 5.51. The van der Waals surface area contributed by atoms with E-state index in [0.29, 0.717) is 5.92 Å². The fourth-order valence-corrected chi connectivity index (χ4v) is 0.219. The van der Waals surface area contributed by atoms with Crippen LogP contribution in [-0.2, 0) is 4.74 Å². The lowest BCUT2D eigenvalue weighted by atomic mass is 10.1. The summed E-state index contributed by atoms with van der Waals surface area (Å²) in [7, 11) is 0. The summed E-state index contributed by atoms with van der Waals surface area (Å²) < 4.78 is 4.61. The average Bonchev–Trinajstić information content (AvgIpc) is 1.67. The molecular weight excluding hydrogens is 102 g/mol. The second-order valence-electron chi connectivity index (χ2n) is 2.16. The van der Waals surface area contributed by atoms with Gasteiger partial charge in [0.1, 0.15) is 6.10 Å². The van der Waals surface area contributed by atoms with Crippen LogP contribution in [0, 0.1) is 17.4 Å². The van der Waals surface area contributed by atoms with Gasteiger partial charge in [-0.15, -0.1) is 0 Å². The van der Waals surface area contributed by atoms with Crippen molar-refractivity contribution in [1.29, 1.82) is 5.26 Å². The molecule has 0 heterocycles. The molecule has 0 aliphatic heterocycles. The number of nitrogens with zero attached hydrogens (tertiary/aromatic N) is 1. The molecule has 1 atom stereocenters. The van der Waals surface area contributed by atoms with Gasteiger partial charge in [-0.1, -0.05) is 13.8 Å². The van der Waals surface area contributed by atoms with Gasteiger partial charge in [-0.25, -0.2) is 0 Å². The standard InChI is InChI=1S/C6H11NO/c1-5(2)6(3)8-4-7/h5-6H,1-3H3. The molecule has 8 heavy (non-hydrogen) atoms. The lowest BCUT2D eigenvalue weighted by Gasteiger charge is -2.10. The summed E-state index contributed by atoms with van der Waals surface area (Å²) in [6.07, 6.45) is 1.70. The quantitative estimate of drug-likeness (QED) is 0.509. The summed E-state index contributed by atoms with van der Waals surface area (Å²) in [5.74, 6) is 0.426. The third-order valence-electron chi connectivity index (χ3n) is 1.18. The van der Waals surface area contributed by atoms with Crippen molar-refractivity contribution in [1.82, 2.24) is 0 Å². The lowest BCUT2D eigenvalue weighted by molar-refractivity contribution is 0.133. The van der Waals surface area contributed by atoms with Crippen LogP contribution < -0.4 is 0 Å². The molecule has 0 N–H and O–H groups in total. The fraction of sp³-hybridized carbons (Fsp3) is 0.833. The molecule has 2 heteroatoms. The van der Waals surface area contributed by atoms with Gasteiger partial charge < -0.3 is 4.74 Å². The zero-order chi connectivity index (χ0) is 6.57. The van der Waals surface area contributed by atoms with E-state index >= 15 is 0 Å². The second-order valence-corrected chi connectivity index (χ2v) is 2.16. The number of nitriles is 1. The van der Waals surface area contributed by atoms with Gasteiger partial charge in [-0.3, -0.25) is 0 Å². The Morgan fingerprint density at radius 3 is 2.00 bits per heavy atom. The summed E-state index contributed by atoms with van der Waals surface area (Å²) in [4.78, 5) is 0. The van der Waals surface area contributed by atoms with Crippen LogP contribution in [-0.4, -0.2) is 6.10 Å². The maximum atomic E-state index is 8.01. The maximum Gasteiger partial charge on any atom is 0.286 e. The zero-order valence-electron chi connectivity index (χ0n) is 5.51. The van der Waals surface area contributed by atoms with Crippen molar-refractivity contribution in [2.45, 2.75) is 26.9 Å². The Morgan fingerprint density at radius 1 is 1.38 bits per heavy atom. The summed E-state index contributed by atoms with van der Waals surface area (Å²) in [6.45, 7) is 5.91. The van der Waals surface area contributed by atoms with Gasteiger partial charge in [0, 0.05) is 0 Å². The third-order valence-corrected chi connectivity index (χ3v) is 1.18. The molecule has 0 fully saturated rings. The highest BCUT2D eigenvalue weighted by Crippen LogP contribution is 2.02. The van der Waals surface area contributed by atoms with Crippen LogP contribution in [0.5, 0.6) is 0 Å². The Morgan fingerprint density at radius 2 is 1.88 bits per heavy atom. The summed E-state index contributed by atoms with van der Waals surface area (Å²) in [6, 6.07) is 0. The molecule has 0 saturated heterocycles. The van der Waals surface area contributed by atoms with E-state index in [9.17, 15) is 0 Å². The molecule has 0 aromatic heterocycles. The molecular formula is C6H11NO. The fourth-order valence-electron chi connectivity index (χ4n) is 0.219. The van der Waals surface area contributed by atoms with Crippen LogP contribution in [0.2, 0.25) is 0 Å². The molecule has 0 aromatic rings. The lowest BCUT2D eigenvalue weighted by Crippen LogP contribution is -2.11. The Hall–Kier alpha value is -0.710. The first-order valence-electron chi connectivity index (χ1n) is 2.73. The predicted molar refractivity (Wildman–Crippen MR) is 31.0 cm³/mol. The first kappa shape index (κ1) is 7.29. The van der Waals surface area contributed by atoms with Crippen LogP contribution in [0.15, 0.2) is 0 Å². The molecule has 46 valence electrons. The molecule has 0 saturated carbocycles. The van der Waals surface area contributed by atoms with Crippen molar-refractivity contribution in [3.05, 3.63) is 0 Å². The Bertz CT molecular complexity index is 93.2. The normalized spacial score (nSPS) is 12.9.